The third-order valence-corrected chi connectivity index (χ3v) is 4.53. The zero-order valence-electron chi connectivity index (χ0n) is 12.3. The highest BCUT2D eigenvalue weighted by molar-refractivity contribution is 7.89. The van der Waals surface area contributed by atoms with Crippen LogP contribution in [0.25, 0.3) is 0 Å². The number of ether oxygens (including phenoxy) is 2. The van der Waals surface area contributed by atoms with Gasteiger partial charge in [-0.15, -0.1) is 0 Å². The van der Waals surface area contributed by atoms with E-state index in [0.29, 0.717) is 32.3 Å². The van der Waals surface area contributed by atoms with E-state index in [1.54, 1.807) is 0 Å². The first-order valence-corrected chi connectivity index (χ1v) is 8.47. The van der Waals surface area contributed by atoms with Crippen molar-refractivity contribution in [2.45, 2.75) is 17.5 Å². The van der Waals surface area contributed by atoms with E-state index in [1.807, 2.05) is 0 Å². The van der Waals surface area contributed by atoms with E-state index in [4.69, 9.17) is 21.1 Å². The minimum atomic E-state index is -4.72. The molecule has 1 N–H and O–H groups in total. The van der Waals surface area contributed by atoms with Gasteiger partial charge in [-0.3, -0.25) is 0 Å². The van der Waals surface area contributed by atoms with Crippen LogP contribution in [0.3, 0.4) is 0 Å². The highest BCUT2D eigenvalue weighted by Crippen LogP contribution is 2.35. The Morgan fingerprint density at radius 1 is 1.22 bits per heavy atom. The van der Waals surface area contributed by atoms with Crippen LogP contribution in [0.1, 0.15) is 12.0 Å². The van der Waals surface area contributed by atoms with Gasteiger partial charge in [0.2, 0.25) is 10.0 Å². The van der Waals surface area contributed by atoms with Gasteiger partial charge in [0, 0.05) is 20.3 Å². The fourth-order valence-electron chi connectivity index (χ4n) is 1.60. The van der Waals surface area contributed by atoms with Crippen molar-refractivity contribution in [1.82, 2.24) is 4.72 Å². The maximum atomic E-state index is 12.7. The maximum absolute atomic E-state index is 12.7. The molecule has 0 unspecified atom stereocenters. The van der Waals surface area contributed by atoms with Gasteiger partial charge in [-0.25, -0.2) is 13.1 Å². The minimum Gasteiger partial charge on any atom is -0.382 e. The van der Waals surface area contributed by atoms with E-state index in [9.17, 15) is 21.6 Å². The van der Waals surface area contributed by atoms with Gasteiger partial charge in [0.15, 0.2) is 0 Å². The number of halogens is 4. The fourth-order valence-corrected chi connectivity index (χ4v) is 2.92. The molecule has 0 bridgehead atoms. The normalized spacial score (nSPS) is 12.6. The molecule has 0 atom stereocenters. The first kappa shape index (κ1) is 20.2. The molecule has 0 radical (unpaired) electrons. The molecule has 5 nitrogen and oxygen atoms in total. The molecule has 0 aliphatic rings. The molecule has 0 aromatic heterocycles. The van der Waals surface area contributed by atoms with Crippen molar-refractivity contribution in [1.29, 1.82) is 0 Å². The van der Waals surface area contributed by atoms with E-state index < -0.39 is 31.7 Å². The Morgan fingerprint density at radius 3 is 2.52 bits per heavy atom. The number of hydrogen-bond donors (Lipinski definition) is 1. The molecule has 1 aromatic carbocycles. The van der Waals surface area contributed by atoms with Gasteiger partial charge in [-0.05, 0) is 24.6 Å². The average molecular weight is 376 g/mol. The summed E-state index contributed by atoms with van der Waals surface area (Å²) in [5.41, 5.74) is -1.19. The third kappa shape index (κ3) is 6.64. The number of benzene rings is 1. The molecule has 1 rings (SSSR count). The van der Waals surface area contributed by atoms with Crippen LogP contribution in [-0.2, 0) is 25.7 Å². The zero-order chi connectivity index (χ0) is 17.5. The molecule has 132 valence electrons. The zero-order valence-corrected chi connectivity index (χ0v) is 13.9. The quantitative estimate of drug-likeness (QED) is 0.674. The van der Waals surface area contributed by atoms with Crippen LogP contribution < -0.4 is 4.72 Å². The Labute approximate surface area is 137 Å². The second-order valence-corrected chi connectivity index (χ2v) is 6.67. The number of hydrogen-bond acceptors (Lipinski definition) is 4. The Morgan fingerprint density at radius 2 is 1.91 bits per heavy atom. The number of methoxy groups -OCH3 is 1. The lowest BCUT2D eigenvalue weighted by Gasteiger charge is -2.12. The Balaban J connectivity index is 2.63. The van der Waals surface area contributed by atoms with E-state index in [1.165, 1.54) is 7.11 Å². The van der Waals surface area contributed by atoms with Crippen molar-refractivity contribution < 1.29 is 31.1 Å². The highest BCUT2D eigenvalue weighted by Gasteiger charge is 2.34. The first-order valence-electron chi connectivity index (χ1n) is 6.61. The molecule has 0 amide bonds. The largest absolute Gasteiger partial charge is 0.417 e. The lowest BCUT2D eigenvalue weighted by molar-refractivity contribution is -0.137. The van der Waals surface area contributed by atoms with E-state index in [0.717, 1.165) is 12.1 Å². The van der Waals surface area contributed by atoms with Crippen LogP contribution in [0, 0.1) is 0 Å². The molecule has 10 heteroatoms. The Bertz CT molecular complexity index is 608. The second kappa shape index (κ2) is 8.84. The van der Waals surface area contributed by atoms with Crippen molar-refractivity contribution in [3.8, 4) is 0 Å². The summed E-state index contributed by atoms with van der Waals surface area (Å²) >= 11 is 5.46. The van der Waals surface area contributed by atoms with Gasteiger partial charge in [0.25, 0.3) is 0 Å². The fraction of sp³-hybridized carbons (Fsp3) is 0.538. The van der Waals surface area contributed by atoms with Gasteiger partial charge in [-0.2, -0.15) is 13.2 Å². The number of sulfonamides is 1. The molecular formula is C13H17ClF3NO4S. The monoisotopic (exact) mass is 375 g/mol. The van der Waals surface area contributed by atoms with Gasteiger partial charge in [-0.1, -0.05) is 11.6 Å². The first-order chi connectivity index (χ1) is 10.7. The van der Waals surface area contributed by atoms with Crippen LogP contribution in [-0.4, -0.2) is 41.9 Å². The summed E-state index contributed by atoms with van der Waals surface area (Å²) in [5, 5.41) is -0.553. The molecule has 0 saturated heterocycles. The molecular weight excluding hydrogens is 359 g/mol. The summed E-state index contributed by atoms with van der Waals surface area (Å²) in [6.07, 6.45) is -4.35. The molecule has 0 aliphatic carbocycles. The van der Waals surface area contributed by atoms with E-state index in [-0.39, 0.29) is 6.54 Å². The number of rotatable bonds is 9. The Kier molecular flexibility index (Phi) is 7.75. The molecule has 0 spiro atoms. The lowest BCUT2D eigenvalue weighted by atomic mass is 10.2. The van der Waals surface area contributed by atoms with Crippen molar-refractivity contribution in [3.63, 3.8) is 0 Å². The van der Waals surface area contributed by atoms with Crippen molar-refractivity contribution in [3.05, 3.63) is 28.8 Å². The number of nitrogens with one attached hydrogen (secondary N) is 1. The Hall–Kier alpha value is -0.870. The summed E-state index contributed by atoms with van der Waals surface area (Å²) in [6, 6.07) is 2.45. The smallest absolute Gasteiger partial charge is 0.382 e. The SMILES string of the molecule is COCCOCCCNS(=O)(=O)c1ccc(Cl)c(C(F)(F)F)c1. The van der Waals surface area contributed by atoms with Gasteiger partial charge < -0.3 is 9.47 Å². The predicted molar refractivity (Wildman–Crippen MR) is 79.0 cm³/mol. The minimum absolute atomic E-state index is 0.0410. The summed E-state index contributed by atoms with van der Waals surface area (Å²) in [7, 11) is -2.52. The van der Waals surface area contributed by atoms with Crippen LogP contribution >= 0.6 is 11.6 Å². The van der Waals surface area contributed by atoms with E-state index >= 15 is 0 Å². The molecule has 0 fully saturated rings. The van der Waals surface area contributed by atoms with Gasteiger partial charge in [0.1, 0.15) is 0 Å². The second-order valence-electron chi connectivity index (χ2n) is 4.50. The highest BCUT2D eigenvalue weighted by atomic mass is 35.5. The van der Waals surface area contributed by atoms with Gasteiger partial charge >= 0.3 is 6.18 Å². The maximum Gasteiger partial charge on any atom is 0.417 e. The summed E-state index contributed by atoms with van der Waals surface area (Å²) in [5.74, 6) is 0. The van der Waals surface area contributed by atoms with Crippen LogP contribution in [0.5, 0.6) is 0 Å². The average Bonchev–Trinajstić information content (AvgIpc) is 2.45. The van der Waals surface area contributed by atoms with Crippen molar-refractivity contribution in [2.24, 2.45) is 0 Å². The summed E-state index contributed by atoms with van der Waals surface area (Å²) in [6.45, 7) is 1.16. The van der Waals surface area contributed by atoms with Crippen LogP contribution in [0.4, 0.5) is 13.2 Å². The molecule has 0 saturated carbocycles. The standard InChI is InChI=1S/C13H17ClF3NO4S/c1-21-7-8-22-6-2-5-18-23(19,20)10-3-4-12(14)11(9-10)13(15,16)17/h3-4,9,18H,2,5-8H2,1H3. The summed E-state index contributed by atoms with van der Waals surface area (Å²) < 4.78 is 74.3. The molecule has 1 aromatic rings. The predicted octanol–water partition coefficient (Wildman–Crippen LogP) is 2.69. The third-order valence-electron chi connectivity index (χ3n) is 2.74. The van der Waals surface area contributed by atoms with Crippen molar-refractivity contribution in [2.75, 3.05) is 33.5 Å². The van der Waals surface area contributed by atoms with Crippen molar-refractivity contribution >= 4 is 21.6 Å². The molecule has 23 heavy (non-hydrogen) atoms. The molecule has 0 heterocycles. The topological polar surface area (TPSA) is 64.6 Å². The van der Waals surface area contributed by atoms with Gasteiger partial charge in [0.05, 0.1) is 28.7 Å². The van der Waals surface area contributed by atoms with Crippen LogP contribution in [0.2, 0.25) is 5.02 Å². The number of alkyl halides is 3. The lowest BCUT2D eigenvalue weighted by Crippen LogP contribution is -2.26. The summed E-state index contributed by atoms with van der Waals surface area (Å²) in [4.78, 5) is -0.491. The van der Waals surface area contributed by atoms with Crippen LogP contribution in [0.15, 0.2) is 23.1 Å². The molecule has 0 aliphatic heterocycles. The van der Waals surface area contributed by atoms with E-state index in [2.05, 4.69) is 4.72 Å².